The monoisotopic (exact) mass is 540 g/mol. The number of hydrogen-bond acceptors (Lipinski definition) is 4. The summed E-state index contributed by atoms with van der Waals surface area (Å²) in [6.45, 7) is 6.31. The zero-order chi connectivity index (χ0) is 28.5. The third kappa shape index (κ3) is 6.05. The molecular weight excluding hydrogens is 509 g/mol. The Morgan fingerprint density at radius 2 is 1.87 bits per heavy atom. The molecule has 2 atom stereocenters. The molecule has 3 aromatic rings. The van der Waals surface area contributed by atoms with E-state index in [0.29, 0.717) is 17.7 Å². The van der Waals surface area contributed by atoms with E-state index in [9.17, 15) is 18.8 Å². The summed E-state index contributed by atoms with van der Waals surface area (Å²) in [6, 6.07) is 9.58. The maximum absolute atomic E-state index is 15.1. The topological polar surface area (TPSA) is 95.2 Å². The van der Waals surface area contributed by atoms with E-state index in [1.807, 2.05) is 6.92 Å². The highest BCUT2D eigenvalue weighted by atomic mass is 19.3. The van der Waals surface area contributed by atoms with Crippen molar-refractivity contribution in [1.82, 2.24) is 20.4 Å². The number of carbonyl (C=O) groups is 2. The molecule has 2 amide bonds. The Morgan fingerprint density at radius 3 is 2.54 bits per heavy atom. The lowest BCUT2D eigenvalue weighted by Crippen LogP contribution is -2.49. The van der Waals surface area contributed by atoms with Gasteiger partial charge in [0, 0.05) is 24.0 Å². The van der Waals surface area contributed by atoms with Crippen molar-refractivity contribution in [3.05, 3.63) is 98.2 Å². The van der Waals surface area contributed by atoms with Crippen molar-refractivity contribution in [2.75, 3.05) is 6.54 Å². The van der Waals surface area contributed by atoms with E-state index < -0.39 is 54.5 Å². The van der Waals surface area contributed by atoms with Crippen molar-refractivity contribution >= 4 is 11.8 Å². The Labute approximate surface area is 224 Å². The summed E-state index contributed by atoms with van der Waals surface area (Å²) in [6.07, 6.45) is -0.272. The average molecular weight is 541 g/mol. The second kappa shape index (κ2) is 11.0. The van der Waals surface area contributed by atoms with Gasteiger partial charge in [-0.05, 0) is 66.8 Å². The van der Waals surface area contributed by atoms with Gasteiger partial charge in [-0.15, -0.1) is 0 Å². The molecule has 0 spiro atoms. The zero-order valence-corrected chi connectivity index (χ0v) is 22.2. The lowest BCUT2D eigenvalue weighted by Gasteiger charge is -2.33. The molecule has 2 unspecified atom stereocenters. The number of rotatable bonds is 7. The van der Waals surface area contributed by atoms with E-state index in [0.717, 1.165) is 22.1 Å². The van der Waals surface area contributed by atoms with Gasteiger partial charge in [-0.1, -0.05) is 32.0 Å². The van der Waals surface area contributed by atoms with Gasteiger partial charge in [0.25, 0.3) is 17.4 Å². The fourth-order valence-electron chi connectivity index (χ4n) is 5.29. The molecule has 1 aliphatic rings. The van der Waals surface area contributed by atoms with Crippen molar-refractivity contribution in [2.24, 2.45) is 5.92 Å². The van der Waals surface area contributed by atoms with Crippen LogP contribution in [0.25, 0.3) is 0 Å². The molecule has 1 aromatic heterocycles. The summed E-state index contributed by atoms with van der Waals surface area (Å²) in [5.74, 6) is -5.52. The molecule has 10 heteroatoms. The third-order valence-corrected chi connectivity index (χ3v) is 7.08. The van der Waals surface area contributed by atoms with Gasteiger partial charge in [-0.2, -0.15) is 5.10 Å². The summed E-state index contributed by atoms with van der Waals surface area (Å²) >= 11 is 0. The number of amides is 2. The number of hydrogen-bond donors (Lipinski definition) is 2. The van der Waals surface area contributed by atoms with Gasteiger partial charge in [0.2, 0.25) is 5.91 Å². The van der Waals surface area contributed by atoms with Crippen LogP contribution in [0.1, 0.15) is 64.6 Å². The van der Waals surface area contributed by atoms with E-state index in [-0.39, 0.29) is 16.7 Å². The minimum absolute atomic E-state index is 0.284. The molecule has 1 saturated heterocycles. The number of likely N-dealkylation sites (tertiary alicyclic amines) is 1. The van der Waals surface area contributed by atoms with Crippen LogP contribution < -0.4 is 10.9 Å². The van der Waals surface area contributed by atoms with Gasteiger partial charge < -0.3 is 10.2 Å². The maximum Gasteiger partial charge on any atom is 0.270 e. The third-order valence-electron chi connectivity index (χ3n) is 7.08. The fraction of sp³-hybridized carbons (Fsp3) is 0.379. The first-order valence-corrected chi connectivity index (χ1v) is 12.7. The van der Waals surface area contributed by atoms with Gasteiger partial charge in [0.1, 0.15) is 5.82 Å². The number of alkyl halides is 2. The van der Waals surface area contributed by atoms with E-state index in [4.69, 9.17) is 0 Å². The number of carbonyl (C=O) groups excluding carboxylic acids is 2. The second-order valence-corrected chi connectivity index (χ2v) is 10.4. The number of nitrogens with one attached hydrogen (secondary N) is 2. The molecule has 0 aliphatic carbocycles. The van der Waals surface area contributed by atoms with Crippen molar-refractivity contribution in [3.63, 3.8) is 0 Å². The molecule has 2 aromatic carbocycles. The van der Waals surface area contributed by atoms with Crippen LogP contribution in [-0.4, -0.2) is 45.4 Å². The predicted octanol–water partition coefficient (Wildman–Crippen LogP) is 4.48. The van der Waals surface area contributed by atoms with E-state index in [1.54, 1.807) is 45.0 Å². The normalized spacial score (nSPS) is 18.4. The number of halogens is 3. The Balaban J connectivity index is 1.49. The number of benzene rings is 2. The SMILES string of the molecule is Cc1cc(Cc2ccc(C(=O)NCC(=O)N3C(c4cccc(F)c4)CC(F)(F)C3C(C)C)cc2C)c(=O)[nH]n1. The minimum atomic E-state index is -3.17. The molecule has 39 heavy (non-hydrogen) atoms. The van der Waals surface area contributed by atoms with Crippen molar-refractivity contribution in [2.45, 2.75) is 58.5 Å². The van der Waals surface area contributed by atoms with E-state index >= 15 is 8.78 Å². The molecule has 1 aliphatic heterocycles. The molecule has 206 valence electrons. The Morgan fingerprint density at radius 1 is 1.13 bits per heavy atom. The summed E-state index contributed by atoms with van der Waals surface area (Å²) in [5, 5.41) is 8.87. The molecule has 2 heterocycles. The first-order valence-electron chi connectivity index (χ1n) is 12.7. The summed E-state index contributed by atoms with van der Waals surface area (Å²) in [7, 11) is 0. The lowest BCUT2D eigenvalue weighted by atomic mass is 9.98. The smallest absolute Gasteiger partial charge is 0.270 e. The standard InChI is InChI=1S/C29H31F3N4O3/c1-16(2)26-29(31,32)14-24(20-6-5-7-23(30)13-20)36(26)25(37)15-33-27(38)21-9-8-19(17(3)10-21)12-22-11-18(4)34-35-28(22)39/h5-11,13,16,24,26H,12,14-15H2,1-4H3,(H,33,38)(H,35,39). The van der Waals surface area contributed by atoms with Crippen LogP contribution >= 0.6 is 0 Å². The fourth-order valence-corrected chi connectivity index (χ4v) is 5.29. The molecule has 4 rings (SSSR count). The van der Waals surface area contributed by atoms with Crippen LogP contribution in [0.3, 0.4) is 0 Å². The maximum atomic E-state index is 15.1. The molecule has 0 bridgehead atoms. The first kappa shape index (κ1) is 28.1. The Hall–Kier alpha value is -3.95. The molecule has 2 N–H and O–H groups in total. The summed E-state index contributed by atoms with van der Waals surface area (Å²) < 4.78 is 44.0. The number of aromatic amines is 1. The van der Waals surface area contributed by atoms with Crippen LogP contribution in [0.2, 0.25) is 0 Å². The highest BCUT2D eigenvalue weighted by molar-refractivity contribution is 5.96. The van der Waals surface area contributed by atoms with Crippen LogP contribution in [0, 0.1) is 25.6 Å². The first-order chi connectivity index (χ1) is 18.4. The van der Waals surface area contributed by atoms with Crippen molar-refractivity contribution < 1.29 is 22.8 Å². The highest BCUT2D eigenvalue weighted by Crippen LogP contribution is 2.48. The number of H-pyrrole nitrogens is 1. The highest BCUT2D eigenvalue weighted by Gasteiger charge is 2.56. The zero-order valence-electron chi connectivity index (χ0n) is 22.2. The second-order valence-electron chi connectivity index (χ2n) is 10.4. The van der Waals surface area contributed by atoms with Crippen LogP contribution in [0.4, 0.5) is 13.2 Å². The Kier molecular flexibility index (Phi) is 7.94. The molecule has 1 fully saturated rings. The van der Waals surface area contributed by atoms with Gasteiger partial charge in [-0.3, -0.25) is 14.4 Å². The van der Waals surface area contributed by atoms with Gasteiger partial charge in [-0.25, -0.2) is 18.3 Å². The largest absolute Gasteiger partial charge is 0.343 e. The number of nitrogens with zero attached hydrogens (tertiary/aromatic N) is 2. The van der Waals surface area contributed by atoms with E-state index in [2.05, 4.69) is 15.5 Å². The average Bonchev–Trinajstić information content (AvgIpc) is 3.17. The minimum Gasteiger partial charge on any atom is -0.343 e. The summed E-state index contributed by atoms with van der Waals surface area (Å²) in [4.78, 5) is 39.3. The van der Waals surface area contributed by atoms with Crippen LogP contribution in [0.15, 0.2) is 53.3 Å². The number of aryl methyl sites for hydroxylation is 2. The molecular formula is C29H31F3N4O3. The Bertz CT molecular complexity index is 1450. The molecule has 0 radical (unpaired) electrons. The van der Waals surface area contributed by atoms with Crippen molar-refractivity contribution in [1.29, 1.82) is 0 Å². The van der Waals surface area contributed by atoms with Crippen molar-refractivity contribution in [3.8, 4) is 0 Å². The van der Waals surface area contributed by atoms with Crippen LogP contribution in [-0.2, 0) is 11.2 Å². The van der Waals surface area contributed by atoms with Gasteiger partial charge in [0.05, 0.1) is 24.3 Å². The van der Waals surface area contributed by atoms with E-state index in [1.165, 1.54) is 18.2 Å². The quantitative estimate of drug-likeness (QED) is 0.462. The molecule has 7 nitrogen and oxygen atoms in total. The summed E-state index contributed by atoms with van der Waals surface area (Å²) in [5.41, 5.74) is 3.12. The number of aromatic nitrogens is 2. The van der Waals surface area contributed by atoms with Crippen LogP contribution in [0.5, 0.6) is 0 Å². The lowest BCUT2D eigenvalue weighted by molar-refractivity contribution is -0.138. The molecule has 0 saturated carbocycles. The van der Waals surface area contributed by atoms with Gasteiger partial charge in [0.15, 0.2) is 0 Å². The van der Waals surface area contributed by atoms with Gasteiger partial charge >= 0.3 is 0 Å². The predicted molar refractivity (Wildman–Crippen MR) is 140 cm³/mol.